The van der Waals surface area contributed by atoms with Gasteiger partial charge in [-0.05, 0) is 17.7 Å². The van der Waals surface area contributed by atoms with Gasteiger partial charge < -0.3 is 30.3 Å². The van der Waals surface area contributed by atoms with Gasteiger partial charge in [0.1, 0.15) is 6.10 Å². The fourth-order valence-corrected chi connectivity index (χ4v) is 1.26. The standard InChI is InChI=1S/C10H12O7/c1-17-6-3-4(2-5(11)8(6)13)7(12)9(14)10(15)16/h2-3,7,9,11-14H,1H3,(H,15,16). The van der Waals surface area contributed by atoms with Crippen LogP contribution in [-0.2, 0) is 4.79 Å². The lowest BCUT2D eigenvalue weighted by atomic mass is 10.0. The maximum atomic E-state index is 10.5. The van der Waals surface area contributed by atoms with Gasteiger partial charge in [-0.3, -0.25) is 0 Å². The van der Waals surface area contributed by atoms with Crippen molar-refractivity contribution < 1.29 is 35.1 Å². The number of carboxylic acids is 1. The molecular formula is C10H12O7. The van der Waals surface area contributed by atoms with E-state index >= 15 is 0 Å². The number of hydrogen-bond donors (Lipinski definition) is 5. The Kier molecular flexibility index (Phi) is 3.77. The van der Waals surface area contributed by atoms with Crippen LogP contribution in [0.1, 0.15) is 11.7 Å². The number of aliphatic carboxylic acids is 1. The Morgan fingerprint density at radius 3 is 2.35 bits per heavy atom. The van der Waals surface area contributed by atoms with Gasteiger partial charge in [0.05, 0.1) is 7.11 Å². The van der Waals surface area contributed by atoms with Crippen molar-refractivity contribution in [2.75, 3.05) is 7.11 Å². The van der Waals surface area contributed by atoms with Crippen LogP contribution in [0.15, 0.2) is 12.1 Å². The first-order valence-corrected chi connectivity index (χ1v) is 4.57. The number of phenolic OH excluding ortho intramolecular Hbond substituents is 2. The van der Waals surface area contributed by atoms with Gasteiger partial charge in [0.25, 0.3) is 0 Å². The second-order valence-electron chi connectivity index (χ2n) is 3.32. The highest BCUT2D eigenvalue weighted by Crippen LogP contribution is 2.38. The van der Waals surface area contributed by atoms with Crippen LogP contribution >= 0.6 is 0 Å². The minimum absolute atomic E-state index is 0.0907. The first-order chi connectivity index (χ1) is 7.88. The third kappa shape index (κ3) is 2.58. The Morgan fingerprint density at radius 2 is 1.88 bits per heavy atom. The van der Waals surface area contributed by atoms with E-state index in [-0.39, 0.29) is 11.3 Å². The largest absolute Gasteiger partial charge is 0.504 e. The summed E-state index contributed by atoms with van der Waals surface area (Å²) in [6.07, 6.45) is -3.78. The molecule has 0 radical (unpaired) electrons. The molecule has 0 amide bonds. The van der Waals surface area contributed by atoms with Crippen LogP contribution in [0, 0.1) is 0 Å². The molecule has 7 nitrogen and oxygen atoms in total. The highest BCUT2D eigenvalue weighted by atomic mass is 16.5. The highest BCUT2D eigenvalue weighted by molar-refractivity contribution is 5.73. The third-order valence-electron chi connectivity index (χ3n) is 2.19. The van der Waals surface area contributed by atoms with E-state index in [9.17, 15) is 20.1 Å². The number of ether oxygens (including phenoxy) is 1. The molecular weight excluding hydrogens is 232 g/mol. The van der Waals surface area contributed by atoms with Crippen LogP contribution < -0.4 is 4.74 Å². The van der Waals surface area contributed by atoms with Gasteiger partial charge in [0.15, 0.2) is 17.6 Å². The summed E-state index contributed by atoms with van der Waals surface area (Å²) >= 11 is 0. The number of aromatic hydroxyl groups is 2. The average molecular weight is 244 g/mol. The number of carboxylic acid groups (broad SMARTS) is 1. The molecule has 0 fully saturated rings. The monoisotopic (exact) mass is 244 g/mol. The van der Waals surface area contributed by atoms with Crippen LogP contribution in [0.25, 0.3) is 0 Å². The normalized spacial score (nSPS) is 14.1. The molecule has 5 N–H and O–H groups in total. The van der Waals surface area contributed by atoms with Crippen molar-refractivity contribution in [2.45, 2.75) is 12.2 Å². The van der Waals surface area contributed by atoms with E-state index in [4.69, 9.17) is 14.9 Å². The fourth-order valence-electron chi connectivity index (χ4n) is 1.26. The maximum Gasteiger partial charge on any atom is 0.335 e. The van der Waals surface area contributed by atoms with Crippen LogP contribution in [0.2, 0.25) is 0 Å². The van der Waals surface area contributed by atoms with Crippen LogP contribution in [0.5, 0.6) is 17.2 Å². The maximum absolute atomic E-state index is 10.5. The number of carbonyl (C=O) groups is 1. The SMILES string of the molecule is COc1cc(C(O)C(O)C(=O)O)cc(O)c1O. The quantitative estimate of drug-likeness (QED) is 0.455. The Morgan fingerprint density at radius 1 is 1.29 bits per heavy atom. The van der Waals surface area contributed by atoms with Gasteiger partial charge in [-0.1, -0.05) is 0 Å². The highest BCUT2D eigenvalue weighted by Gasteiger charge is 2.26. The van der Waals surface area contributed by atoms with Crippen molar-refractivity contribution in [2.24, 2.45) is 0 Å². The molecule has 2 unspecified atom stereocenters. The summed E-state index contributed by atoms with van der Waals surface area (Å²) in [4.78, 5) is 10.5. The predicted octanol–water partition coefficient (Wildman–Crippen LogP) is -0.415. The average Bonchev–Trinajstić information content (AvgIpc) is 2.30. The van der Waals surface area contributed by atoms with Crippen molar-refractivity contribution in [3.63, 3.8) is 0 Å². The number of aliphatic hydroxyl groups is 2. The minimum atomic E-state index is -2.04. The number of rotatable bonds is 4. The van der Waals surface area contributed by atoms with Gasteiger partial charge in [-0.25, -0.2) is 4.79 Å². The summed E-state index contributed by atoms with van der Waals surface area (Å²) in [5, 5.41) is 45.8. The Hall–Kier alpha value is -1.99. The molecule has 0 aliphatic heterocycles. The van der Waals surface area contributed by atoms with Crippen LogP contribution in [0.3, 0.4) is 0 Å². The zero-order valence-electron chi connectivity index (χ0n) is 8.86. The smallest absolute Gasteiger partial charge is 0.335 e. The molecule has 1 aromatic carbocycles. The van der Waals surface area contributed by atoms with Crippen LogP contribution in [0.4, 0.5) is 0 Å². The molecule has 0 heterocycles. The number of phenols is 2. The summed E-state index contributed by atoms with van der Waals surface area (Å²) in [6, 6.07) is 2.06. The third-order valence-corrected chi connectivity index (χ3v) is 2.19. The van der Waals surface area contributed by atoms with Gasteiger partial charge >= 0.3 is 5.97 Å². The predicted molar refractivity (Wildman–Crippen MR) is 54.9 cm³/mol. The zero-order valence-corrected chi connectivity index (χ0v) is 8.86. The Bertz CT molecular complexity index is 429. The second-order valence-corrected chi connectivity index (χ2v) is 3.32. The van der Waals surface area contributed by atoms with E-state index in [0.29, 0.717) is 0 Å². The zero-order chi connectivity index (χ0) is 13.2. The van der Waals surface area contributed by atoms with Crippen molar-refractivity contribution in [3.05, 3.63) is 17.7 Å². The van der Waals surface area contributed by atoms with E-state index in [1.54, 1.807) is 0 Å². The van der Waals surface area contributed by atoms with Gasteiger partial charge in [-0.2, -0.15) is 0 Å². The molecule has 0 saturated heterocycles. The van der Waals surface area contributed by atoms with E-state index in [1.165, 1.54) is 7.11 Å². The first kappa shape index (κ1) is 13.1. The Labute approximate surface area is 96.1 Å². The molecule has 0 spiro atoms. The molecule has 94 valence electrons. The molecule has 0 aliphatic rings. The molecule has 0 aromatic heterocycles. The molecule has 0 bridgehead atoms. The lowest BCUT2D eigenvalue weighted by Crippen LogP contribution is -2.27. The van der Waals surface area contributed by atoms with E-state index in [2.05, 4.69) is 0 Å². The summed E-state index contributed by atoms with van der Waals surface area (Å²) in [7, 11) is 1.22. The summed E-state index contributed by atoms with van der Waals surface area (Å²) < 4.78 is 4.71. The Balaban J connectivity index is 3.15. The first-order valence-electron chi connectivity index (χ1n) is 4.57. The topological polar surface area (TPSA) is 127 Å². The molecule has 17 heavy (non-hydrogen) atoms. The van der Waals surface area contributed by atoms with Crippen molar-refractivity contribution in [3.8, 4) is 17.2 Å². The minimum Gasteiger partial charge on any atom is -0.504 e. The molecule has 1 rings (SSSR count). The second kappa shape index (κ2) is 4.89. The van der Waals surface area contributed by atoms with E-state index in [0.717, 1.165) is 12.1 Å². The van der Waals surface area contributed by atoms with Crippen molar-refractivity contribution in [1.82, 2.24) is 0 Å². The lowest BCUT2D eigenvalue weighted by molar-refractivity contribution is -0.153. The van der Waals surface area contributed by atoms with Gasteiger partial charge in [0.2, 0.25) is 5.75 Å². The van der Waals surface area contributed by atoms with Crippen molar-refractivity contribution in [1.29, 1.82) is 0 Å². The van der Waals surface area contributed by atoms with Gasteiger partial charge in [0, 0.05) is 0 Å². The molecule has 7 heteroatoms. The summed E-state index contributed by atoms with van der Waals surface area (Å²) in [5.41, 5.74) is -0.0907. The van der Waals surface area contributed by atoms with E-state index in [1.807, 2.05) is 0 Å². The van der Waals surface area contributed by atoms with E-state index < -0.39 is 29.7 Å². The van der Waals surface area contributed by atoms with Crippen molar-refractivity contribution >= 4 is 5.97 Å². The number of methoxy groups -OCH3 is 1. The summed E-state index contributed by atoms with van der Waals surface area (Å²) in [6.45, 7) is 0. The van der Waals surface area contributed by atoms with Crippen LogP contribution in [-0.4, -0.2) is 44.7 Å². The fraction of sp³-hybridized carbons (Fsp3) is 0.300. The molecule has 0 aliphatic carbocycles. The number of aliphatic hydroxyl groups excluding tert-OH is 2. The number of benzene rings is 1. The molecule has 1 aromatic rings. The molecule has 2 atom stereocenters. The molecule has 0 saturated carbocycles. The number of hydrogen-bond acceptors (Lipinski definition) is 6. The lowest BCUT2D eigenvalue weighted by Gasteiger charge is -2.16. The van der Waals surface area contributed by atoms with Gasteiger partial charge in [-0.15, -0.1) is 0 Å². The summed E-state index contributed by atoms with van der Waals surface area (Å²) in [5.74, 6) is -2.87.